The second-order valence-electron chi connectivity index (χ2n) is 5.55. The Labute approximate surface area is 170 Å². The second-order valence-corrected chi connectivity index (χ2v) is 8.74. The van der Waals surface area contributed by atoms with Gasteiger partial charge in [-0.15, -0.1) is 10.2 Å². The van der Waals surface area contributed by atoms with Gasteiger partial charge in [0, 0.05) is 17.6 Å². The fraction of sp³-hybridized carbons (Fsp3) is 0.118. The summed E-state index contributed by atoms with van der Waals surface area (Å²) in [6.45, 7) is 1.52. The molecule has 0 radical (unpaired) electrons. The number of carbonyl (C=O) groups is 1. The minimum absolute atomic E-state index is 0.0377. The smallest absolute Gasteiger partial charge is 0.263 e. The first kappa shape index (κ1) is 20.1. The van der Waals surface area contributed by atoms with E-state index in [9.17, 15) is 13.2 Å². The van der Waals surface area contributed by atoms with Crippen LogP contribution in [0.5, 0.6) is 5.75 Å². The molecule has 0 atom stereocenters. The molecular weight excluding hydrogens is 424 g/mol. The van der Waals surface area contributed by atoms with Gasteiger partial charge in [-0.1, -0.05) is 22.9 Å². The molecule has 3 aromatic rings. The van der Waals surface area contributed by atoms with Crippen molar-refractivity contribution < 1.29 is 17.9 Å². The van der Waals surface area contributed by atoms with Crippen molar-refractivity contribution in [1.82, 2.24) is 10.2 Å². The summed E-state index contributed by atoms with van der Waals surface area (Å²) in [7, 11) is -3.83. The average Bonchev–Trinajstić information content (AvgIpc) is 3.08. The highest BCUT2D eigenvalue weighted by Crippen LogP contribution is 2.23. The fourth-order valence-electron chi connectivity index (χ4n) is 2.12. The van der Waals surface area contributed by atoms with Gasteiger partial charge in [-0.05, 0) is 48.5 Å². The Bertz CT molecular complexity index is 1070. The lowest BCUT2D eigenvalue weighted by molar-refractivity contribution is -0.114. The van der Waals surface area contributed by atoms with Crippen molar-refractivity contribution in [2.24, 2.45) is 0 Å². The first-order chi connectivity index (χ1) is 13.3. The van der Waals surface area contributed by atoms with Crippen LogP contribution in [0.25, 0.3) is 0 Å². The van der Waals surface area contributed by atoms with Crippen LogP contribution in [0.15, 0.2) is 53.4 Å². The maximum atomic E-state index is 12.5. The van der Waals surface area contributed by atoms with Gasteiger partial charge in [0.1, 0.15) is 12.4 Å². The Kier molecular flexibility index (Phi) is 6.12. The van der Waals surface area contributed by atoms with Crippen molar-refractivity contribution in [2.45, 2.75) is 18.4 Å². The van der Waals surface area contributed by atoms with Gasteiger partial charge in [0.2, 0.25) is 11.0 Å². The summed E-state index contributed by atoms with van der Waals surface area (Å²) in [6, 6.07) is 12.6. The summed E-state index contributed by atoms with van der Waals surface area (Å²) >= 11 is 6.88. The van der Waals surface area contributed by atoms with Crippen molar-refractivity contribution >= 4 is 49.7 Å². The molecular formula is C17H15ClN4O4S2. The van der Waals surface area contributed by atoms with Crippen LogP contribution in [0.3, 0.4) is 0 Å². The summed E-state index contributed by atoms with van der Waals surface area (Å²) < 4.78 is 32.8. The van der Waals surface area contributed by atoms with Crippen molar-refractivity contribution in [3.05, 3.63) is 58.6 Å². The Morgan fingerprint density at radius 3 is 2.43 bits per heavy atom. The third-order valence-corrected chi connectivity index (χ3v) is 5.90. The predicted molar refractivity (Wildman–Crippen MR) is 107 cm³/mol. The number of nitrogens with zero attached hydrogens (tertiary/aromatic N) is 2. The van der Waals surface area contributed by atoms with Crippen molar-refractivity contribution in [2.75, 3.05) is 10.0 Å². The Morgan fingerprint density at radius 1 is 1.11 bits per heavy atom. The van der Waals surface area contributed by atoms with Crippen LogP contribution >= 0.6 is 22.9 Å². The normalized spacial score (nSPS) is 11.1. The summed E-state index contributed by atoms with van der Waals surface area (Å²) in [5.74, 6) is 0.372. The summed E-state index contributed by atoms with van der Waals surface area (Å²) in [5.41, 5.74) is 0.504. The number of carbonyl (C=O) groups excluding carboxylic acids is 1. The number of hydrogen-bond donors (Lipinski definition) is 2. The van der Waals surface area contributed by atoms with Crippen LogP contribution in [-0.2, 0) is 21.4 Å². The molecule has 2 N–H and O–H groups in total. The van der Waals surface area contributed by atoms with Crippen LogP contribution in [0.4, 0.5) is 10.8 Å². The molecule has 0 unspecified atom stereocenters. The van der Waals surface area contributed by atoms with E-state index in [1.807, 2.05) is 0 Å². The maximum absolute atomic E-state index is 12.5. The number of halogens is 1. The highest BCUT2D eigenvalue weighted by molar-refractivity contribution is 7.93. The third-order valence-electron chi connectivity index (χ3n) is 3.35. The lowest BCUT2D eigenvalue weighted by Crippen LogP contribution is -2.13. The minimum Gasteiger partial charge on any atom is -0.486 e. The number of anilines is 2. The van der Waals surface area contributed by atoms with Gasteiger partial charge in [0.05, 0.1) is 4.90 Å². The molecule has 11 heteroatoms. The van der Waals surface area contributed by atoms with Crippen molar-refractivity contribution in [1.29, 1.82) is 0 Å². The predicted octanol–water partition coefficient (Wildman–Crippen LogP) is 3.53. The molecule has 1 amide bonds. The molecule has 0 aliphatic rings. The molecule has 0 fully saturated rings. The number of nitrogens with one attached hydrogen (secondary N) is 2. The molecule has 1 heterocycles. The van der Waals surface area contributed by atoms with Crippen LogP contribution < -0.4 is 14.8 Å². The maximum Gasteiger partial charge on any atom is 0.263 e. The van der Waals surface area contributed by atoms with Gasteiger partial charge in [0.15, 0.2) is 5.01 Å². The van der Waals surface area contributed by atoms with E-state index >= 15 is 0 Å². The van der Waals surface area contributed by atoms with Gasteiger partial charge < -0.3 is 10.1 Å². The zero-order valence-corrected chi connectivity index (χ0v) is 16.9. The van der Waals surface area contributed by atoms with E-state index < -0.39 is 10.0 Å². The molecule has 2 aromatic carbocycles. The van der Waals surface area contributed by atoms with Gasteiger partial charge in [0.25, 0.3) is 10.0 Å². The second kappa shape index (κ2) is 8.55. The summed E-state index contributed by atoms with van der Waals surface area (Å²) in [4.78, 5) is 11.1. The quantitative estimate of drug-likeness (QED) is 0.583. The zero-order valence-electron chi connectivity index (χ0n) is 14.5. The molecule has 1 aromatic heterocycles. The van der Waals surface area contributed by atoms with E-state index in [0.29, 0.717) is 21.5 Å². The largest absolute Gasteiger partial charge is 0.486 e. The van der Waals surface area contributed by atoms with Crippen LogP contribution in [0.1, 0.15) is 11.9 Å². The molecule has 0 saturated heterocycles. The number of rotatable bonds is 7. The highest BCUT2D eigenvalue weighted by Gasteiger charge is 2.17. The monoisotopic (exact) mass is 438 g/mol. The Morgan fingerprint density at radius 2 is 1.79 bits per heavy atom. The molecule has 0 aliphatic carbocycles. The number of hydrogen-bond acceptors (Lipinski definition) is 7. The number of ether oxygens (including phenoxy) is 1. The standard InChI is InChI=1S/C17H15ClN4O4S2/c1-11(23)19-13-4-8-15(9-5-13)28(24,25)22-17-21-20-16(27-17)10-26-14-6-2-12(18)3-7-14/h2-9H,10H2,1H3,(H,19,23)(H,21,22). The van der Waals surface area contributed by atoms with Crippen LogP contribution in [-0.4, -0.2) is 24.5 Å². The first-order valence-corrected chi connectivity index (χ1v) is 10.6. The lowest BCUT2D eigenvalue weighted by atomic mass is 10.3. The molecule has 0 spiro atoms. The molecule has 8 nitrogen and oxygen atoms in total. The average molecular weight is 439 g/mol. The lowest BCUT2D eigenvalue weighted by Gasteiger charge is -2.06. The summed E-state index contributed by atoms with van der Waals surface area (Å²) in [5, 5.41) is 11.6. The van der Waals surface area contributed by atoms with Crippen molar-refractivity contribution in [3.63, 3.8) is 0 Å². The van der Waals surface area contributed by atoms with E-state index in [1.165, 1.54) is 31.2 Å². The Hall–Kier alpha value is -2.69. The SMILES string of the molecule is CC(=O)Nc1ccc(S(=O)(=O)Nc2nnc(COc3ccc(Cl)cc3)s2)cc1. The van der Waals surface area contributed by atoms with E-state index in [0.717, 1.165) is 11.3 Å². The van der Waals surface area contributed by atoms with Crippen molar-refractivity contribution in [3.8, 4) is 5.75 Å². The topological polar surface area (TPSA) is 110 Å². The van der Waals surface area contributed by atoms with Crippen LogP contribution in [0, 0.1) is 0 Å². The number of amides is 1. The molecule has 28 heavy (non-hydrogen) atoms. The molecule has 0 bridgehead atoms. The first-order valence-electron chi connectivity index (χ1n) is 7.93. The van der Waals surface area contributed by atoms with E-state index in [-0.39, 0.29) is 22.5 Å². The molecule has 0 aliphatic heterocycles. The zero-order chi connectivity index (χ0) is 20.1. The fourth-order valence-corrected chi connectivity index (χ4v) is 4.13. The van der Waals surface area contributed by atoms with E-state index in [4.69, 9.17) is 16.3 Å². The molecule has 146 valence electrons. The van der Waals surface area contributed by atoms with E-state index in [1.54, 1.807) is 24.3 Å². The van der Waals surface area contributed by atoms with Crippen LogP contribution in [0.2, 0.25) is 5.02 Å². The third kappa shape index (κ3) is 5.41. The van der Waals surface area contributed by atoms with Gasteiger partial charge in [-0.3, -0.25) is 9.52 Å². The number of aromatic nitrogens is 2. The Balaban J connectivity index is 1.63. The van der Waals surface area contributed by atoms with Gasteiger partial charge in [-0.25, -0.2) is 8.42 Å². The molecule has 0 saturated carbocycles. The summed E-state index contributed by atoms with van der Waals surface area (Å²) in [6.07, 6.45) is 0. The van der Waals surface area contributed by atoms with E-state index in [2.05, 4.69) is 20.2 Å². The number of benzene rings is 2. The minimum atomic E-state index is -3.83. The van der Waals surface area contributed by atoms with Gasteiger partial charge >= 0.3 is 0 Å². The highest BCUT2D eigenvalue weighted by atomic mass is 35.5. The molecule has 3 rings (SSSR count). The van der Waals surface area contributed by atoms with Gasteiger partial charge in [-0.2, -0.15) is 0 Å². The number of sulfonamides is 1.